The van der Waals surface area contributed by atoms with Crippen molar-refractivity contribution in [3.63, 3.8) is 0 Å². The van der Waals surface area contributed by atoms with E-state index >= 15 is 0 Å². The van der Waals surface area contributed by atoms with E-state index in [2.05, 4.69) is 41.5 Å². The van der Waals surface area contributed by atoms with Crippen LogP contribution in [-0.4, -0.2) is 21.5 Å². The Hall–Kier alpha value is -2.27. The lowest BCUT2D eigenvalue weighted by atomic mass is 10.2. The predicted molar refractivity (Wildman–Crippen MR) is 104 cm³/mol. The Morgan fingerprint density at radius 2 is 2.04 bits per heavy atom. The molecule has 1 atom stereocenters. The molecule has 0 bridgehead atoms. The van der Waals surface area contributed by atoms with Gasteiger partial charge in [0.15, 0.2) is 0 Å². The van der Waals surface area contributed by atoms with Gasteiger partial charge in [-0.1, -0.05) is 37.3 Å². The van der Waals surface area contributed by atoms with E-state index in [1.807, 2.05) is 42.1 Å². The van der Waals surface area contributed by atoms with Crippen molar-refractivity contribution in [1.82, 2.24) is 14.9 Å². The van der Waals surface area contributed by atoms with Gasteiger partial charge in [-0.15, -0.1) is 11.8 Å². The van der Waals surface area contributed by atoms with E-state index in [4.69, 9.17) is 0 Å². The van der Waals surface area contributed by atoms with E-state index in [0.717, 1.165) is 28.1 Å². The zero-order chi connectivity index (χ0) is 17.6. The van der Waals surface area contributed by atoms with Gasteiger partial charge in [0.05, 0.1) is 5.52 Å². The van der Waals surface area contributed by atoms with E-state index in [1.54, 1.807) is 11.8 Å². The lowest BCUT2D eigenvalue weighted by Crippen LogP contribution is -2.34. The van der Waals surface area contributed by atoms with Gasteiger partial charge in [0.1, 0.15) is 11.6 Å². The third-order valence-corrected chi connectivity index (χ3v) is 5.29. The first-order valence-electron chi connectivity index (χ1n) is 8.57. The predicted octanol–water partition coefficient (Wildman–Crippen LogP) is 4.24. The summed E-state index contributed by atoms with van der Waals surface area (Å²) in [6, 6.07) is 14.6. The molecule has 2 aromatic heterocycles. The average Bonchev–Trinajstić information content (AvgIpc) is 3.04. The van der Waals surface area contributed by atoms with Crippen molar-refractivity contribution in [3.8, 4) is 0 Å². The fourth-order valence-electron chi connectivity index (χ4n) is 2.65. The Morgan fingerprint density at radius 1 is 1.24 bits per heavy atom. The summed E-state index contributed by atoms with van der Waals surface area (Å²) >= 11 is 1.72. The molecule has 2 heterocycles. The van der Waals surface area contributed by atoms with Crippen molar-refractivity contribution in [2.75, 3.05) is 0 Å². The summed E-state index contributed by atoms with van der Waals surface area (Å²) in [5.41, 5.74) is 2.32. The van der Waals surface area contributed by atoms with Crippen LogP contribution < -0.4 is 5.32 Å². The fourth-order valence-corrected chi connectivity index (χ4v) is 3.61. The molecule has 3 aromatic rings. The molecule has 0 aliphatic carbocycles. The quantitative estimate of drug-likeness (QED) is 0.646. The second kappa shape index (κ2) is 8.21. The van der Waals surface area contributed by atoms with Crippen molar-refractivity contribution in [3.05, 3.63) is 60.4 Å². The van der Waals surface area contributed by atoms with Crippen molar-refractivity contribution < 1.29 is 4.79 Å². The second-order valence-electron chi connectivity index (χ2n) is 6.14. The number of nitrogens with one attached hydrogen (secondary N) is 1. The van der Waals surface area contributed by atoms with Crippen LogP contribution in [0.1, 0.15) is 25.8 Å². The maximum atomic E-state index is 12.2. The zero-order valence-corrected chi connectivity index (χ0v) is 15.4. The topological polar surface area (TPSA) is 46.9 Å². The van der Waals surface area contributed by atoms with Gasteiger partial charge in [-0.3, -0.25) is 4.79 Å². The number of pyridine rings is 1. The van der Waals surface area contributed by atoms with Crippen LogP contribution in [0.4, 0.5) is 0 Å². The number of carbonyl (C=O) groups is 1. The van der Waals surface area contributed by atoms with Crippen molar-refractivity contribution in [2.45, 2.75) is 43.6 Å². The fraction of sp³-hybridized carbons (Fsp3) is 0.300. The maximum Gasteiger partial charge on any atom is 0.240 e. The minimum absolute atomic E-state index is 0.0437. The smallest absolute Gasteiger partial charge is 0.240 e. The van der Waals surface area contributed by atoms with Gasteiger partial charge in [-0.05, 0) is 31.0 Å². The Bertz CT molecular complexity index is 845. The van der Waals surface area contributed by atoms with Crippen molar-refractivity contribution >= 4 is 28.6 Å². The van der Waals surface area contributed by atoms with Crippen molar-refractivity contribution in [1.29, 1.82) is 0 Å². The third kappa shape index (κ3) is 4.42. The molecule has 3 rings (SSSR count). The molecular weight excluding hydrogens is 330 g/mol. The molecule has 0 spiro atoms. The first-order valence-corrected chi connectivity index (χ1v) is 9.56. The van der Waals surface area contributed by atoms with E-state index in [9.17, 15) is 4.79 Å². The minimum atomic E-state index is 0.0437. The number of thioether (sulfide) groups is 1. The molecule has 0 saturated carbocycles. The summed E-state index contributed by atoms with van der Waals surface area (Å²) in [5, 5.41) is 5.11. The summed E-state index contributed by atoms with van der Waals surface area (Å²) in [6.45, 7) is 4.42. The van der Waals surface area contributed by atoms with Gasteiger partial charge in [-0.2, -0.15) is 0 Å². The summed E-state index contributed by atoms with van der Waals surface area (Å²) in [4.78, 5) is 16.7. The largest absolute Gasteiger partial charge is 0.352 e. The molecule has 0 aliphatic heterocycles. The average molecular weight is 353 g/mol. The number of hydrogen-bond donors (Lipinski definition) is 1. The van der Waals surface area contributed by atoms with Gasteiger partial charge < -0.3 is 9.88 Å². The molecule has 1 N–H and O–H groups in total. The Labute approximate surface area is 152 Å². The molecule has 130 valence electrons. The van der Waals surface area contributed by atoms with E-state index < -0.39 is 0 Å². The molecule has 0 radical (unpaired) electrons. The van der Waals surface area contributed by atoms with Gasteiger partial charge in [-0.25, -0.2) is 4.98 Å². The summed E-state index contributed by atoms with van der Waals surface area (Å²) in [6.07, 6.45) is 4.72. The standard InChI is InChI=1S/C20H23N3OS/c1-3-15(2)22-19(24)13-23-12-10-17-18(23)9-11-21-20(17)25-14-16-7-5-4-6-8-16/h4-12,15H,3,13-14H2,1-2H3,(H,22,24). The summed E-state index contributed by atoms with van der Waals surface area (Å²) in [5.74, 6) is 0.925. The molecular formula is C20H23N3OS. The van der Waals surface area contributed by atoms with Crippen LogP contribution in [-0.2, 0) is 17.1 Å². The lowest BCUT2D eigenvalue weighted by Gasteiger charge is -2.12. The molecule has 1 aromatic carbocycles. The van der Waals surface area contributed by atoms with Crippen molar-refractivity contribution in [2.24, 2.45) is 0 Å². The van der Waals surface area contributed by atoms with Crippen LogP contribution in [0.15, 0.2) is 59.9 Å². The third-order valence-electron chi connectivity index (χ3n) is 4.21. The number of hydrogen-bond acceptors (Lipinski definition) is 3. The molecule has 1 unspecified atom stereocenters. The zero-order valence-electron chi connectivity index (χ0n) is 14.6. The van der Waals surface area contributed by atoms with E-state index in [1.165, 1.54) is 5.56 Å². The molecule has 4 nitrogen and oxygen atoms in total. The number of benzene rings is 1. The normalized spacial score (nSPS) is 12.2. The lowest BCUT2D eigenvalue weighted by molar-refractivity contribution is -0.122. The Morgan fingerprint density at radius 3 is 2.80 bits per heavy atom. The first kappa shape index (κ1) is 17.5. The van der Waals surface area contributed by atoms with Crippen LogP contribution in [0.25, 0.3) is 10.9 Å². The van der Waals surface area contributed by atoms with Gasteiger partial charge >= 0.3 is 0 Å². The van der Waals surface area contributed by atoms with Crippen LogP contribution in [0.2, 0.25) is 0 Å². The van der Waals surface area contributed by atoms with Gasteiger partial charge in [0.2, 0.25) is 5.91 Å². The van der Waals surface area contributed by atoms with Crippen LogP contribution in [0.3, 0.4) is 0 Å². The Kier molecular flexibility index (Phi) is 5.76. The highest BCUT2D eigenvalue weighted by Gasteiger charge is 2.11. The summed E-state index contributed by atoms with van der Waals surface area (Å²) in [7, 11) is 0. The summed E-state index contributed by atoms with van der Waals surface area (Å²) < 4.78 is 1.99. The minimum Gasteiger partial charge on any atom is -0.352 e. The van der Waals surface area contributed by atoms with Gasteiger partial charge in [0.25, 0.3) is 0 Å². The van der Waals surface area contributed by atoms with E-state index in [0.29, 0.717) is 6.54 Å². The number of carbonyl (C=O) groups excluding carboxylic acids is 1. The molecule has 0 fully saturated rings. The highest BCUT2D eigenvalue weighted by atomic mass is 32.2. The number of aromatic nitrogens is 2. The highest BCUT2D eigenvalue weighted by Crippen LogP contribution is 2.29. The first-order chi connectivity index (χ1) is 12.2. The molecule has 5 heteroatoms. The molecule has 25 heavy (non-hydrogen) atoms. The Balaban J connectivity index is 1.74. The number of rotatable bonds is 7. The van der Waals surface area contributed by atoms with Crippen LogP contribution in [0, 0.1) is 0 Å². The molecule has 1 amide bonds. The van der Waals surface area contributed by atoms with E-state index in [-0.39, 0.29) is 11.9 Å². The SMILES string of the molecule is CCC(C)NC(=O)Cn1ccc2c(SCc3ccccc3)nccc21. The molecule has 0 aliphatic rings. The maximum absolute atomic E-state index is 12.2. The number of fused-ring (bicyclic) bond motifs is 1. The number of amides is 1. The van der Waals surface area contributed by atoms with Crippen LogP contribution >= 0.6 is 11.8 Å². The van der Waals surface area contributed by atoms with Crippen LogP contribution in [0.5, 0.6) is 0 Å². The second-order valence-corrected chi connectivity index (χ2v) is 7.11. The molecule has 0 saturated heterocycles. The highest BCUT2D eigenvalue weighted by molar-refractivity contribution is 7.98. The monoisotopic (exact) mass is 353 g/mol. The van der Waals surface area contributed by atoms with Gasteiger partial charge in [0, 0.05) is 29.6 Å². The number of nitrogens with zero attached hydrogens (tertiary/aromatic N) is 2.